The van der Waals surface area contributed by atoms with Crippen LogP contribution in [0.4, 0.5) is 25.8 Å². The van der Waals surface area contributed by atoms with E-state index < -0.39 is 17.5 Å². The van der Waals surface area contributed by atoms with Crippen molar-refractivity contribution >= 4 is 23.0 Å². The fourth-order valence-corrected chi connectivity index (χ4v) is 2.52. The van der Waals surface area contributed by atoms with Gasteiger partial charge in [0.1, 0.15) is 11.6 Å². The van der Waals surface area contributed by atoms with Crippen molar-refractivity contribution in [2.75, 3.05) is 11.1 Å². The summed E-state index contributed by atoms with van der Waals surface area (Å²) >= 11 is 0. The molecule has 0 spiro atoms. The summed E-state index contributed by atoms with van der Waals surface area (Å²) in [6.45, 7) is 0. The molecular weight excluding hydrogens is 340 g/mol. The first kappa shape index (κ1) is 17.4. The molecule has 0 saturated heterocycles. The van der Waals surface area contributed by atoms with Gasteiger partial charge in [0.25, 0.3) is 5.91 Å². The molecule has 132 valence electrons. The summed E-state index contributed by atoms with van der Waals surface area (Å²) in [4.78, 5) is 11.5. The quantitative estimate of drug-likeness (QED) is 0.323. The Morgan fingerprint density at radius 1 is 0.923 bits per heavy atom. The Labute approximate surface area is 148 Å². The van der Waals surface area contributed by atoms with Crippen LogP contribution >= 0.6 is 0 Å². The van der Waals surface area contributed by atoms with Crippen LogP contribution in [0.2, 0.25) is 0 Å². The number of nitrogen functional groups attached to an aromatic ring is 1. The molecule has 3 aromatic rings. The molecule has 5 nitrogen and oxygen atoms in total. The minimum absolute atomic E-state index is 0.215. The Kier molecular flexibility index (Phi) is 4.81. The summed E-state index contributed by atoms with van der Waals surface area (Å²) in [6, 6.07) is 14.7. The number of nitrogens with two attached hydrogens (primary N) is 1. The van der Waals surface area contributed by atoms with Gasteiger partial charge in [-0.3, -0.25) is 10.0 Å². The molecule has 0 aliphatic carbocycles. The molecule has 3 aromatic carbocycles. The number of hydrogen-bond acceptors (Lipinski definition) is 4. The molecule has 0 saturated carbocycles. The number of anilines is 3. The van der Waals surface area contributed by atoms with Crippen molar-refractivity contribution in [3.63, 3.8) is 0 Å². The zero-order valence-electron chi connectivity index (χ0n) is 13.5. The van der Waals surface area contributed by atoms with Crippen molar-refractivity contribution in [2.24, 2.45) is 0 Å². The first-order valence-corrected chi connectivity index (χ1v) is 7.64. The molecule has 0 heterocycles. The number of halogens is 2. The summed E-state index contributed by atoms with van der Waals surface area (Å²) < 4.78 is 26.9. The highest BCUT2D eigenvalue weighted by Crippen LogP contribution is 2.28. The van der Waals surface area contributed by atoms with Gasteiger partial charge in [-0.15, -0.1) is 0 Å². The maximum absolute atomic E-state index is 13.4. The third-order valence-electron chi connectivity index (χ3n) is 3.75. The molecule has 3 rings (SSSR count). The maximum Gasteiger partial charge on any atom is 0.274 e. The zero-order valence-corrected chi connectivity index (χ0v) is 13.5. The van der Waals surface area contributed by atoms with Crippen molar-refractivity contribution in [1.29, 1.82) is 0 Å². The highest BCUT2D eigenvalue weighted by atomic mass is 19.1. The van der Waals surface area contributed by atoms with Crippen LogP contribution in [0, 0.1) is 11.6 Å². The number of benzene rings is 3. The van der Waals surface area contributed by atoms with Gasteiger partial charge in [-0.1, -0.05) is 12.1 Å². The molecule has 0 unspecified atom stereocenters. The van der Waals surface area contributed by atoms with E-state index in [-0.39, 0.29) is 5.56 Å². The number of hydrogen-bond donors (Lipinski definition) is 4. The number of rotatable bonds is 4. The zero-order chi connectivity index (χ0) is 18.7. The Balaban J connectivity index is 1.93. The lowest BCUT2D eigenvalue weighted by molar-refractivity contribution is 0.0706. The number of amides is 1. The minimum atomic E-state index is -0.669. The van der Waals surface area contributed by atoms with Gasteiger partial charge in [-0.05, 0) is 53.6 Å². The molecular formula is C19H15F2N3O2. The molecule has 0 fully saturated rings. The average molecular weight is 355 g/mol. The molecule has 0 aliphatic rings. The van der Waals surface area contributed by atoms with E-state index in [4.69, 9.17) is 10.9 Å². The molecule has 0 radical (unpaired) electrons. The van der Waals surface area contributed by atoms with Crippen LogP contribution in [0.3, 0.4) is 0 Å². The summed E-state index contributed by atoms with van der Waals surface area (Å²) in [7, 11) is 0. The van der Waals surface area contributed by atoms with Gasteiger partial charge >= 0.3 is 0 Å². The van der Waals surface area contributed by atoms with Crippen molar-refractivity contribution < 1.29 is 18.8 Å². The van der Waals surface area contributed by atoms with Crippen molar-refractivity contribution in [3.8, 4) is 11.1 Å². The van der Waals surface area contributed by atoms with Crippen LogP contribution in [0.25, 0.3) is 11.1 Å². The fourth-order valence-electron chi connectivity index (χ4n) is 2.52. The highest BCUT2D eigenvalue weighted by Gasteiger charge is 2.09. The summed E-state index contributed by atoms with van der Waals surface area (Å²) in [5.41, 5.74) is 10.1. The fraction of sp³-hybridized carbons (Fsp3) is 0. The Morgan fingerprint density at radius 2 is 1.65 bits per heavy atom. The van der Waals surface area contributed by atoms with E-state index in [0.717, 1.165) is 6.07 Å². The van der Waals surface area contributed by atoms with Crippen molar-refractivity contribution in [2.45, 2.75) is 0 Å². The number of nitrogens with one attached hydrogen (secondary N) is 2. The monoisotopic (exact) mass is 355 g/mol. The maximum atomic E-state index is 13.4. The first-order valence-electron chi connectivity index (χ1n) is 7.64. The Morgan fingerprint density at radius 3 is 2.35 bits per heavy atom. The van der Waals surface area contributed by atoms with E-state index in [1.165, 1.54) is 30.3 Å². The number of carbonyl (C=O) groups is 1. The van der Waals surface area contributed by atoms with Crippen LogP contribution in [-0.4, -0.2) is 11.1 Å². The number of carbonyl (C=O) groups excluding carboxylic acids is 1. The Hall–Kier alpha value is -3.45. The predicted molar refractivity (Wildman–Crippen MR) is 95.2 cm³/mol. The first-order chi connectivity index (χ1) is 12.5. The van der Waals surface area contributed by atoms with Gasteiger partial charge in [0.15, 0.2) is 0 Å². The van der Waals surface area contributed by atoms with Gasteiger partial charge < -0.3 is 11.1 Å². The standard InChI is InChI=1S/C19H15F2N3O2/c20-14-6-13(7-15(21)10-14)11-2-1-3-16(8-11)23-18-9-12(19(25)24-26)4-5-17(18)22/h1-10,23,26H,22H2,(H,24,25). The molecule has 26 heavy (non-hydrogen) atoms. The van der Waals surface area contributed by atoms with E-state index >= 15 is 0 Å². The largest absolute Gasteiger partial charge is 0.397 e. The second-order valence-electron chi connectivity index (χ2n) is 5.61. The topological polar surface area (TPSA) is 87.4 Å². The van der Waals surface area contributed by atoms with Gasteiger partial charge in [-0.2, -0.15) is 0 Å². The molecule has 7 heteroatoms. The van der Waals surface area contributed by atoms with E-state index in [0.29, 0.717) is 28.2 Å². The molecule has 0 bridgehead atoms. The van der Waals surface area contributed by atoms with Crippen molar-refractivity contribution in [1.82, 2.24) is 5.48 Å². The summed E-state index contributed by atoms with van der Waals surface area (Å²) in [5.74, 6) is -1.99. The highest BCUT2D eigenvalue weighted by molar-refractivity contribution is 5.95. The lowest BCUT2D eigenvalue weighted by Gasteiger charge is -2.12. The molecule has 5 N–H and O–H groups in total. The van der Waals surface area contributed by atoms with E-state index in [1.807, 2.05) is 0 Å². The Bertz CT molecular complexity index is 956. The second-order valence-corrected chi connectivity index (χ2v) is 5.61. The van der Waals surface area contributed by atoms with Crippen LogP contribution in [-0.2, 0) is 0 Å². The molecule has 1 amide bonds. The van der Waals surface area contributed by atoms with E-state index in [1.54, 1.807) is 29.7 Å². The third-order valence-corrected chi connectivity index (χ3v) is 3.75. The van der Waals surface area contributed by atoms with Gasteiger partial charge in [-0.25, -0.2) is 14.3 Å². The van der Waals surface area contributed by atoms with E-state index in [2.05, 4.69) is 5.32 Å². The number of hydroxylamine groups is 1. The van der Waals surface area contributed by atoms with Crippen LogP contribution < -0.4 is 16.5 Å². The van der Waals surface area contributed by atoms with Crippen molar-refractivity contribution in [3.05, 3.63) is 77.9 Å². The van der Waals surface area contributed by atoms with Crippen LogP contribution in [0.1, 0.15) is 10.4 Å². The lowest BCUT2D eigenvalue weighted by atomic mass is 10.0. The third kappa shape index (κ3) is 3.79. The molecule has 0 aliphatic heterocycles. The summed E-state index contributed by atoms with van der Waals surface area (Å²) in [5, 5.41) is 11.8. The van der Waals surface area contributed by atoms with E-state index in [9.17, 15) is 13.6 Å². The molecule has 0 atom stereocenters. The van der Waals surface area contributed by atoms with Crippen LogP contribution in [0.15, 0.2) is 60.7 Å². The summed E-state index contributed by atoms with van der Waals surface area (Å²) in [6.07, 6.45) is 0. The predicted octanol–water partition coefficient (Wildman–Crippen LogP) is 4.08. The van der Waals surface area contributed by atoms with Crippen LogP contribution in [0.5, 0.6) is 0 Å². The SMILES string of the molecule is Nc1ccc(C(=O)NO)cc1Nc1cccc(-c2cc(F)cc(F)c2)c1. The average Bonchev–Trinajstić information content (AvgIpc) is 2.62. The smallest absolute Gasteiger partial charge is 0.274 e. The molecule has 0 aromatic heterocycles. The van der Waals surface area contributed by atoms with Gasteiger partial charge in [0.05, 0.1) is 11.4 Å². The second kappa shape index (κ2) is 7.20. The van der Waals surface area contributed by atoms with Gasteiger partial charge in [0.2, 0.25) is 0 Å². The van der Waals surface area contributed by atoms with Gasteiger partial charge in [0, 0.05) is 17.3 Å². The normalized spacial score (nSPS) is 10.4. The minimum Gasteiger partial charge on any atom is -0.397 e. The lowest BCUT2D eigenvalue weighted by Crippen LogP contribution is -2.18.